The van der Waals surface area contributed by atoms with Crippen LogP contribution in [0.25, 0.3) is 44.6 Å². The molecule has 0 bridgehead atoms. The Morgan fingerprint density at radius 3 is 2.15 bits per heavy atom. The third kappa shape index (κ3) is 4.71. The normalized spacial score (nSPS) is 10.7. The number of hydrogen-bond donors (Lipinski definition) is 0. The van der Waals surface area contributed by atoms with Gasteiger partial charge < -0.3 is 19.6 Å². The summed E-state index contributed by atoms with van der Waals surface area (Å²) in [5.41, 5.74) is 6.58. The summed E-state index contributed by atoms with van der Waals surface area (Å²) in [7, 11) is 0. The summed E-state index contributed by atoms with van der Waals surface area (Å²) < 4.78 is 6.26. The minimum Gasteiger partial charge on any atom is -0.574 e. The van der Waals surface area contributed by atoms with Crippen molar-refractivity contribution in [3.05, 3.63) is 103 Å². The maximum atomic E-state index is 6.26. The summed E-state index contributed by atoms with van der Waals surface area (Å²) in [5, 5.41) is 9.86. The van der Waals surface area contributed by atoms with Gasteiger partial charge in [0, 0.05) is 29.7 Å². The van der Waals surface area contributed by atoms with Gasteiger partial charge in [-0.15, -0.1) is 18.2 Å². The zero-order valence-corrected chi connectivity index (χ0v) is 21.0. The molecule has 170 valence electrons. The molecule has 6 aromatic rings. The number of rotatable bonds is 3. The molecular formula is C28H22N4OPt. The van der Waals surface area contributed by atoms with Crippen LogP contribution in [-0.2, 0) is 21.1 Å². The Morgan fingerprint density at radius 1 is 0.765 bits per heavy atom. The fraction of sp³-hybridized carbons (Fsp3) is 0.107. The number of benzene rings is 2. The summed E-state index contributed by atoms with van der Waals surface area (Å²) in [6, 6.07) is 27.1. The number of hydrogen-bond acceptors (Lipinski definition) is 4. The van der Waals surface area contributed by atoms with E-state index in [1.165, 1.54) is 5.56 Å². The van der Waals surface area contributed by atoms with Crippen molar-refractivity contribution in [1.29, 1.82) is 0 Å². The molecule has 0 aliphatic rings. The van der Waals surface area contributed by atoms with E-state index < -0.39 is 0 Å². The standard InChI is InChI=1S/C20H16NO.C8H6N3.Pt/c1-13(2)14-7-5-8-15-16-9-6-10-17(20(16)22-19(14)15)18-11-3-4-12-21-18;1-2-5-9-7(3-1)8-4-6-10-11-8;/h3-9,11-13H,1-2H3;1-6H;/q2*-1;+2. The minimum atomic E-state index is 0. The molecule has 4 aromatic heterocycles. The summed E-state index contributed by atoms with van der Waals surface area (Å²) in [6.45, 7) is 4.38. The Morgan fingerprint density at radius 2 is 1.50 bits per heavy atom. The van der Waals surface area contributed by atoms with Crippen LogP contribution in [0.2, 0.25) is 0 Å². The van der Waals surface area contributed by atoms with Crippen molar-refractivity contribution >= 4 is 21.9 Å². The smallest absolute Gasteiger partial charge is 0.574 e. The van der Waals surface area contributed by atoms with E-state index in [9.17, 15) is 0 Å². The number of nitrogens with zero attached hydrogens (tertiary/aromatic N) is 4. The Balaban J connectivity index is 0.000000193. The molecule has 2 aromatic carbocycles. The van der Waals surface area contributed by atoms with Crippen molar-refractivity contribution in [1.82, 2.24) is 20.2 Å². The van der Waals surface area contributed by atoms with Crippen molar-refractivity contribution in [2.24, 2.45) is 0 Å². The Kier molecular flexibility index (Phi) is 7.34. The predicted octanol–water partition coefficient (Wildman–Crippen LogP) is 6.67. The topological polar surface area (TPSA) is 65.9 Å². The van der Waals surface area contributed by atoms with Crippen LogP contribution >= 0.6 is 0 Å². The monoisotopic (exact) mass is 625 g/mol. The van der Waals surface area contributed by atoms with E-state index in [4.69, 9.17) is 4.42 Å². The molecular weight excluding hydrogens is 603 g/mol. The largest absolute Gasteiger partial charge is 2.00 e. The summed E-state index contributed by atoms with van der Waals surface area (Å²) in [5.74, 6) is 0.423. The van der Waals surface area contributed by atoms with Crippen LogP contribution in [0.15, 0.2) is 95.8 Å². The van der Waals surface area contributed by atoms with Crippen LogP contribution in [0.4, 0.5) is 0 Å². The maximum Gasteiger partial charge on any atom is 2.00 e. The van der Waals surface area contributed by atoms with Crippen LogP contribution in [0.5, 0.6) is 0 Å². The number of para-hydroxylation sites is 1. The quantitative estimate of drug-likeness (QED) is 0.206. The molecule has 6 rings (SSSR count). The summed E-state index contributed by atoms with van der Waals surface area (Å²) >= 11 is 0. The maximum absolute atomic E-state index is 6.26. The Hall–Kier alpha value is -3.56. The average Bonchev–Trinajstić information content (AvgIpc) is 3.54. The van der Waals surface area contributed by atoms with Gasteiger partial charge in [0.05, 0.1) is 5.58 Å². The van der Waals surface area contributed by atoms with E-state index in [1.54, 1.807) is 18.6 Å². The molecule has 0 N–H and O–H groups in total. The molecule has 0 aliphatic carbocycles. The van der Waals surface area contributed by atoms with Crippen molar-refractivity contribution in [3.63, 3.8) is 0 Å². The molecule has 0 atom stereocenters. The second kappa shape index (κ2) is 10.6. The number of pyridine rings is 2. The van der Waals surface area contributed by atoms with Gasteiger partial charge in [-0.1, -0.05) is 73.0 Å². The first-order chi connectivity index (χ1) is 16.2. The molecule has 34 heavy (non-hydrogen) atoms. The minimum absolute atomic E-state index is 0. The van der Waals surface area contributed by atoms with Crippen molar-refractivity contribution in [2.45, 2.75) is 19.8 Å². The molecule has 0 aliphatic heterocycles. The van der Waals surface area contributed by atoms with Crippen LogP contribution in [0.1, 0.15) is 25.3 Å². The van der Waals surface area contributed by atoms with Crippen LogP contribution in [-0.4, -0.2) is 15.1 Å². The first-order valence-corrected chi connectivity index (χ1v) is 10.9. The van der Waals surface area contributed by atoms with E-state index >= 15 is 0 Å². The van der Waals surface area contributed by atoms with Gasteiger partial charge in [0.15, 0.2) is 0 Å². The fourth-order valence-electron chi connectivity index (χ4n) is 3.82. The summed E-state index contributed by atoms with van der Waals surface area (Å²) in [4.78, 5) is 8.55. The average molecular weight is 626 g/mol. The SMILES string of the molecule is CC(C)c1cccc2c1oc1c(-c3ccccn3)[c-]ccc12.[Pt+2].c1ccc(-c2ccn[n-]2)nc1. The van der Waals surface area contributed by atoms with Crippen molar-refractivity contribution in [3.8, 4) is 22.6 Å². The van der Waals surface area contributed by atoms with Gasteiger partial charge in [0.25, 0.3) is 0 Å². The molecule has 0 fully saturated rings. The van der Waals surface area contributed by atoms with Crippen LogP contribution < -0.4 is 5.10 Å². The van der Waals surface area contributed by atoms with Gasteiger partial charge in [-0.25, -0.2) is 0 Å². The Labute approximate surface area is 212 Å². The zero-order chi connectivity index (χ0) is 22.6. The van der Waals surface area contributed by atoms with E-state index in [2.05, 4.69) is 64.3 Å². The van der Waals surface area contributed by atoms with Crippen LogP contribution in [0, 0.1) is 6.07 Å². The second-order valence-electron chi connectivity index (χ2n) is 7.92. The molecule has 0 radical (unpaired) electrons. The molecule has 0 spiro atoms. The van der Waals surface area contributed by atoms with Crippen molar-refractivity contribution in [2.75, 3.05) is 0 Å². The number of furan rings is 1. The number of aromatic nitrogens is 4. The van der Waals surface area contributed by atoms with Gasteiger partial charge in [-0.05, 0) is 35.4 Å². The van der Waals surface area contributed by atoms with Gasteiger partial charge in [-0.3, -0.25) is 4.98 Å². The van der Waals surface area contributed by atoms with Gasteiger partial charge >= 0.3 is 21.1 Å². The second-order valence-corrected chi connectivity index (χ2v) is 7.92. The van der Waals surface area contributed by atoms with Gasteiger partial charge in [0.2, 0.25) is 0 Å². The van der Waals surface area contributed by atoms with E-state index in [0.29, 0.717) is 5.92 Å². The van der Waals surface area contributed by atoms with E-state index in [-0.39, 0.29) is 21.1 Å². The third-order valence-corrected chi connectivity index (χ3v) is 5.42. The molecule has 0 amide bonds. The fourth-order valence-corrected chi connectivity index (χ4v) is 3.82. The first kappa shape index (κ1) is 23.6. The number of fused-ring (bicyclic) bond motifs is 3. The van der Waals surface area contributed by atoms with Crippen LogP contribution in [0.3, 0.4) is 0 Å². The molecule has 0 unspecified atom stereocenters. The van der Waals surface area contributed by atoms with Gasteiger partial charge in [-0.2, -0.15) is 0 Å². The molecule has 5 nitrogen and oxygen atoms in total. The molecule has 6 heteroatoms. The van der Waals surface area contributed by atoms with E-state index in [1.807, 2.05) is 48.5 Å². The third-order valence-electron chi connectivity index (χ3n) is 5.42. The van der Waals surface area contributed by atoms with Crippen molar-refractivity contribution < 1.29 is 25.5 Å². The first-order valence-electron chi connectivity index (χ1n) is 10.9. The predicted molar refractivity (Wildman–Crippen MR) is 131 cm³/mol. The molecule has 0 saturated carbocycles. The molecule has 4 heterocycles. The van der Waals surface area contributed by atoms with Gasteiger partial charge in [0.1, 0.15) is 5.58 Å². The Bertz CT molecular complexity index is 1480. The molecule has 0 saturated heterocycles. The zero-order valence-electron chi connectivity index (χ0n) is 18.8. The van der Waals surface area contributed by atoms with E-state index in [0.717, 1.165) is 44.6 Å². The summed E-state index contributed by atoms with van der Waals surface area (Å²) in [6.07, 6.45) is 5.19.